The van der Waals surface area contributed by atoms with Crippen LogP contribution in [0, 0.1) is 0 Å². The zero-order chi connectivity index (χ0) is 32.9. The Morgan fingerprint density at radius 1 is 1.04 bits per heavy atom. The fourth-order valence-electron chi connectivity index (χ4n) is 6.40. The first-order valence-electron chi connectivity index (χ1n) is 15.4. The number of anilines is 1. The molecule has 244 valence electrons. The molecule has 2 atom stereocenters. The van der Waals surface area contributed by atoms with Crippen LogP contribution in [-0.4, -0.2) is 54.5 Å². The molecule has 1 amide bonds. The highest BCUT2D eigenvalue weighted by molar-refractivity contribution is 7.94. The SMILES string of the molecule is CCc1cn2c3c(cc(C(=O)NC(Cc4ccccc4)C(O)CNCc4cccc(C(F)(F)F)c4)cc13)N(C)S(=O)(=O)C1(CC1)C2. The van der Waals surface area contributed by atoms with Crippen molar-refractivity contribution in [2.75, 3.05) is 17.9 Å². The largest absolute Gasteiger partial charge is 0.416 e. The van der Waals surface area contributed by atoms with Crippen molar-refractivity contribution in [2.45, 2.75) is 68.8 Å². The first kappa shape index (κ1) is 32.1. The maximum absolute atomic E-state index is 13.9. The second kappa shape index (κ2) is 12.1. The summed E-state index contributed by atoms with van der Waals surface area (Å²) in [4.78, 5) is 13.9. The molecule has 8 nitrogen and oxygen atoms in total. The van der Waals surface area contributed by atoms with Gasteiger partial charge in [-0.15, -0.1) is 0 Å². The third kappa shape index (κ3) is 6.01. The number of carbonyl (C=O) groups excluding carboxylic acids is 1. The topological polar surface area (TPSA) is 104 Å². The molecule has 1 fully saturated rings. The van der Waals surface area contributed by atoms with E-state index in [4.69, 9.17) is 0 Å². The average Bonchev–Trinajstić information content (AvgIpc) is 3.75. The number of aliphatic hydroxyl groups excluding tert-OH is 1. The minimum absolute atomic E-state index is 0.00417. The molecule has 1 aliphatic heterocycles. The molecule has 0 bridgehead atoms. The summed E-state index contributed by atoms with van der Waals surface area (Å²) in [5.74, 6) is -0.470. The van der Waals surface area contributed by atoms with Crippen molar-refractivity contribution in [3.63, 3.8) is 0 Å². The number of hydrogen-bond acceptors (Lipinski definition) is 5. The normalized spacial score (nSPS) is 17.9. The Morgan fingerprint density at radius 3 is 2.43 bits per heavy atom. The summed E-state index contributed by atoms with van der Waals surface area (Å²) < 4.78 is 69.2. The Hall–Kier alpha value is -3.87. The second-order valence-electron chi connectivity index (χ2n) is 12.3. The number of carbonyl (C=O) groups is 1. The zero-order valence-electron chi connectivity index (χ0n) is 25.6. The number of amides is 1. The number of rotatable bonds is 10. The molecule has 2 unspecified atom stereocenters. The molecule has 0 saturated heterocycles. The Morgan fingerprint density at radius 2 is 1.76 bits per heavy atom. The predicted octanol–water partition coefficient (Wildman–Crippen LogP) is 5.03. The quantitative estimate of drug-likeness (QED) is 0.223. The van der Waals surface area contributed by atoms with Gasteiger partial charge < -0.3 is 20.3 Å². The van der Waals surface area contributed by atoms with Crippen LogP contribution < -0.4 is 14.9 Å². The van der Waals surface area contributed by atoms with Gasteiger partial charge in [0, 0.05) is 43.8 Å². The smallest absolute Gasteiger partial charge is 0.390 e. The van der Waals surface area contributed by atoms with Crippen molar-refractivity contribution in [3.05, 3.63) is 101 Å². The lowest BCUT2D eigenvalue weighted by Crippen LogP contribution is -2.48. The van der Waals surface area contributed by atoms with Crippen molar-refractivity contribution in [1.29, 1.82) is 0 Å². The van der Waals surface area contributed by atoms with Gasteiger partial charge in [-0.05, 0) is 60.6 Å². The maximum Gasteiger partial charge on any atom is 0.416 e. The van der Waals surface area contributed by atoms with Gasteiger partial charge in [-0.25, -0.2) is 8.42 Å². The van der Waals surface area contributed by atoms with Crippen LogP contribution in [0.15, 0.2) is 72.9 Å². The summed E-state index contributed by atoms with van der Waals surface area (Å²) >= 11 is 0. The van der Waals surface area contributed by atoms with E-state index in [-0.39, 0.29) is 18.7 Å². The van der Waals surface area contributed by atoms with Gasteiger partial charge in [0.25, 0.3) is 5.91 Å². The Balaban J connectivity index is 1.26. The third-order valence-electron chi connectivity index (χ3n) is 9.21. The van der Waals surface area contributed by atoms with E-state index < -0.39 is 44.6 Å². The summed E-state index contributed by atoms with van der Waals surface area (Å²) in [6.07, 6.45) is -1.40. The highest BCUT2D eigenvalue weighted by atomic mass is 32.2. The van der Waals surface area contributed by atoms with E-state index >= 15 is 0 Å². The van der Waals surface area contributed by atoms with Crippen LogP contribution in [0.4, 0.5) is 18.9 Å². The van der Waals surface area contributed by atoms with Crippen molar-refractivity contribution in [3.8, 4) is 0 Å². The molecule has 3 N–H and O–H groups in total. The summed E-state index contributed by atoms with van der Waals surface area (Å²) in [5, 5.41) is 18.1. The van der Waals surface area contributed by atoms with Gasteiger partial charge in [0.2, 0.25) is 10.0 Å². The molecular formula is C34H37F3N4O4S. The summed E-state index contributed by atoms with van der Waals surface area (Å²) in [6.45, 7) is 2.48. The first-order valence-corrected chi connectivity index (χ1v) is 16.8. The Kier molecular flexibility index (Phi) is 8.41. The lowest BCUT2D eigenvalue weighted by atomic mass is 9.99. The summed E-state index contributed by atoms with van der Waals surface area (Å²) in [7, 11) is -2.12. The van der Waals surface area contributed by atoms with Crippen molar-refractivity contribution < 1.29 is 31.5 Å². The summed E-state index contributed by atoms with van der Waals surface area (Å²) in [5.41, 5.74) is 3.03. The molecular weight excluding hydrogens is 617 g/mol. The lowest BCUT2D eigenvalue weighted by molar-refractivity contribution is -0.137. The fourth-order valence-corrected chi connectivity index (χ4v) is 8.30. The van der Waals surface area contributed by atoms with E-state index in [1.54, 1.807) is 18.2 Å². The van der Waals surface area contributed by atoms with Gasteiger partial charge in [0.15, 0.2) is 0 Å². The number of halogens is 3. The van der Waals surface area contributed by atoms with Crippen LogP contribution >= 0.6 is 0 Å². The van der Waals surface area contributed by atoms with E-state index in [0.717, 1.165) is 34.2 Å². The minimum Gasteiger partial charge on any atom is -0.390 e. The van der Waals surface area contributed by atoms with E-state index in [1.807, 2.05) is 48.0 Å². The molecule has 1 aliphatic carbocycles. The van der Waals surface area contributed by atoms with E-state index in [2.05, 4.69) is 10.6 Å². The molecule has 2 aliphatic rings. The molecule has 1 spiro atoms. The molecule has 46 heavy (non-hydrogen) atoms. The maximum atomic E-state index is 13.9. The number of alkyl halides is 3. The van der Waals surface area contributed by atoms with Gasteiger partial charge in [0.1, 0.15) is 4.75 Å². The van der Waals surface area contributed by atoms with Crippen LogP contribution in [0.2, 0.25) is 0 Å². The molecule has 1 aromatic heterocycles. The number of sulfonamides is 1. The number of aliphatic hydroxyl groups is 1. The fraction of sp³-hybridized carbons (Fsp3) is 0.382. The molecule has 1 saturated carbocycles. The minimum atomic E-state index is -4.46. The molecule has 4 aromatic rings. The van der Waals surface area contributed by atoms with Gasteiger partial charge in [-0.1, -0.05) is 55.5 Å². The van der Waals surface area contributed by atoms with E-state index in [9.17, 15) is 31.5 Å². The average molecular weight is 655 g/mol. The predicted molar refractivity (Wildman–Crippen MR) is 171 cm³/mol. The van der Waals surface area contributed by atoms with Gasteiger partial charge in [0.05, 0.1) is 28.9 Å². The monoisotopic (exact) mass is 654 g/mol. The lowest BCUT2D eigenvalue weighted by Gasteiger charge is -2.26. The number of aryl methyl sites for hydroxylation is 1. The number of nitrogens with zero attached hydrogens (tertiary/aromatic N) is 2. The van der Waals surface area contributed by atoms with Crippen LogP contribution in [0.25, 0.3) is 10.9 Å². The van der Waals surface area contributed by atoms with Crippen LogP contribution in [0.5, 0.6) is 0 Å². The van der Waals surface area contributed by atoms with Crippen molar-refractivity contribution in [2.24, 2.45) is 0 Å². The molecule has 12 heteroatoms. The number of benzene rings is 3. The Bertz CT molecular complexity index is 1870. The first-order chi connectivity index (χ1) is 21.8. The standard InChI is InChI=1S/C34H37F3N4O4S/c1-3-24-20-41-21-33(12-13-33)46(44,45)40(2)29-17-25(16-27(24)31(29)41)32(43)39-28(15-22-8-5-4-6-9-22)30(42)19-38-18-23-10-7-11-26(14-23)34(35,36)37/h4-11,14,16-17,20,28,30,38,42H,3,12-13,15,18-19,21H2,1-2H3,(H,39,43). The van der Waals surface area contributed by atoms with Gasteiger partial charge in [-0.3, -0.25) is 9.10 Å². The van der Waals surface area contributed by atoms with Crippen molar-refractivity contribution in [1.82, 2.24) is 15.2 Å². The second-order valence-corrected chi connectivity index (χ2v) is 14.7. The number of nitrogens with one attached hydrogen (secondary N) is 2. The van der Waals surface area contributed by atoms with Crippen LogP contribution in [0.1, 0.15) is 52.4 Å². The summed E-state index contributed by atoms with van der Waals surface area (Å²) in [6, 6.07) is 16.9. The Labute approximate surface area is 266 Å². The molecule has 2 heterocycles. The van der Waals surface area contributed by atoms with Gasteiger partial charge in [-0.2, -0.15) is 13.2 Å². The third-order valence-corrected chi connectivity index (χ3v) is 11.8. The molecule has 3 aromatic carbocycles. The van der Waals surface area contributed by atoms with Crippen LogP contribution in [0.3, 0.4) is 0 Å². The number of hydrogen-bond donors (Lipinski definition) is 3. The highest BCUT2D eigenvalue weighted by Gasteiger charge is 2.58. The molecule has 6 rings (SSSR count). The van der Waals surface area contributed by atoms with E-state index in [1.165, 1.54) is 17.4 Å². The number of aromatic nitrogens is 1. The zero-order valence-corrected chi connectivity index (χ0v) is 26.5. The van der Waals surface area contributed by atoms with Gasteiger partial charge >= 0.3 is 6.18 Å². The van der Waals surface area contributed by atoms with Crippen LogP contribution in [-0.2, 0) is 42.1 Å². The van der Waals surface area contributed by atoms with Crippen molar-refractivity contribution >= 4 is 32.5 Å². The van der Waals surface area contributed by atoms with E-state index in [0.29, 0.717) is 43.5 Å². The molecule has 0 radical (unpaired) electrons. The highest BCUT2D eigenvalue weighted by Crippen LogP contribution is 2.51.